The minimum Gasteiger partial charge on any atom is -0.482 e. The molecule has 1 atom stereocenters. The zero-order chi connectivity index (χ0) is 23.8. The average molecular weight is 506 g/mol. The van der Waals surface area contributed by atoms with Crippen molar-refractivity contribution in [3.05, 3.63) is 99.0 Å². The van der Waals surface area contributed by atoms with Gasteiger partial charge in [0.25, 0.3) is 5.91 Å². The second kappa shape index (κ2) is 11.9. The van der Waals surface area contributed by atoms with Crippen LogP contribution in [0.5, 0.6) is 5.75 Å². The average Bonchev–Trinajstić information content (AvgIpc) is 2.82. The maximum atomic E-state index is 13.4. The number of benzene rings is 3. The lowest BCUT2D eigenvalue weighted by molar-refractivity contribution is -0.142. The number of hydrogen-bond acceptors (Lipinski definition) is 3. The predicted molar refractivity (Wildman–Crippen MR) is 132 cm³/mol. The van der Waals surface area contributed by atoms with Gasteiger partial charge in [0.1, 0.15) is 11.8 Å². The molecule has 0 fully saturated rings. The Labute approximate surface area is 208 Å². The van der Waals surface area contributed by atoms with Crippen molar-refractivity contribution in [2.24, 2.45) is 0 Å². The lowest BCUT2D eigenvalue weighted by atomic mass is 10.0. The van der Waals surface area contributed by atoms with E-state index in [1.807, 2.05) is 48.5 Å². The van der Waals surface area contributed by atoms with Gasteiger partial charge in [-0.2, -0.15) is 0 Å². The van der Waals surface area contributed by atoms with Crippen LogP contribution in [0.25, 0.3) is 0 Å². The molecule has 0 radical (unpaired) electrons. The molecule has 0 heterocycles. The van der Waals surface area contributed by atoms with Crippen molar-refractivity contribution < 1.29 is 14.3 Å². The van der Waals surface area contributed by atoms with Gasteiger partial charge in [0.05, 0.1) is 5.02 Å². The Morgan fingerprint density at radius 2 is 1.64 bits per heavy atom. The first kappa shape index (κ1) is 24.9. The molecule has 0 saturated carbocycles. The zero-order valence-electron chi connectivity index (χ0n) is 17.9. The molecule has 0 unspecified atom stereocenters. The number of nitrogens with zero attached hydrogens (tertiary/aromatic N) is 1. The van der Waals surface area contributed by atoms with Crippen LogP contribution in [0.1, 0.15) is 11.1 Å². The number of halogens is 3. The Balaban J connectivity index is 1.89. The van der Waals surface area contributed by atoms with E-state index in [-0.39, 0.29) is 25.0 Å². The molecule has 0 aliphatic carbocycles. The number of nitrogens with one attached hydrogen (secondary N) is 1. The summed E-state index contributed by atoms with van der Waals surface area (Å²) in [6, 6.07) is 20.7. The van der Waals surface area contributed by atoms with Gasteiger partial charge in [0.15, 0.2) is 6.61 Å². The molecule has 0 aliphatic heterocycles. The second-order valence-corrected chi connectivity index (χ2v) is 8.55. The van der Waals surface area contributed by atoms with Gasteiger partial charge in [0.2, 0.25) is 5.91 Å². The number of ether oxygens (including phenoxy) is 1. The van der Waals surface area contributed by atoms with E-state index in [4.69, 9.17) is 39.5 Å². The molecule has 0 spiro atoms. The highest BCUT2D eigenvalue weighted by molar-refractivity contribution is 6.35. The minimum atomic E-state index is -0.773. The molecular weight excluding hydrogens is 483 g/mol. The molecule has 2 amide bonds. The summed E-state index contributed by atoms with van der Waals surface area (Å²) >= 11 is 18.5. The summed E-state index contributed by atoms with van der Waals surface area (Å²) < 4.78 is 5.67. The third-order valence-electron chi connectivity index (χ3n) is 5.06. The van der Waals surface area contributed by atoms with Gasteiger partial charge in [-0.15, -0.1) is 0 Å². The molecule has 0 bridgehead atoms. The number of rotatable bonds is 9. The summed E-state index contributed by atoms with van der Waals surface area (Å²) in [4.78, 5) is 27.7. The Bertz CT molecular complexity index is 1110. The van der Waals surface area contributed by atoms with E-state index >= 15 is 0 Å². The maximum Gasteiger partial charge on any atom is 0.261 e. The van der Waals surface area contributed by atoms with Crippen LogP contribution >= 0.6 is 34.8 Å². The van der Waals surface area contributed by atoms with Gasteiger partial charge in [-0.1, -0.05) is 83.3 Å². The number of hydrogen-bond donors (Lipinski definition) is 1. The summed E-state index contributed by atoms with van der Waals surface area (Å²) in [5, 5.41) is 3.93. The monoisotopic (exact) mass is 504 g/mol. The zero-order valence-corrected chi connectivity index (χ0v) is 20.2. The second-order valence-electron chi connectivity index (χ2n) is 7.30. The topological polar surface area (TPSA) is 58.6 Å². The van der Waals surface area contributed by atoms with E-state index in [9.17, 15) is 9.59 Å². The molecule has 8 heteroatoms. The molecule has 172 valence electrons. The highest BCUT2D eigenvalue weighted by Gasteiger charge is 2.30. The van der Waals surface area contributed by atoms with Gasteiger partial charge in [-0.05, 0) is 35.4 Å². The van der Waals surface area contributed by atoms with Crippen LogP contribution in [-0.4, -0.2) is 36.4 Å². The first-order valence-corrected chi connectivity index (χ1v) is 11.4. The van der Waals surface area contributed by atoms with Crippen LogP contribution in [0.3, 0.4) is 0 Å². The fourth-order valence-electron chi connectivity index (χ4n) is 3.35. The fourth-order valence-corrected chi connectivity index (χ4v) is 4.00. The van der Waals surface area contributed by atoms with Crippen molar-refractivity contribution in [1.82, 2.24) is 10.2 Å². The standard InChI is InChI=1S/C25H23Cl3N2O3/c1-29-25(32)22(13-17-7-3-2-4-8-17)30(15-18-9-5-6-10-20(18)27)24(31)16-33-23-12-11-19(26)14-21(23)28/h2-12,14,22H,13,15-16H2,1H3,(H,29,32)/t22-/m1/s1. The third kappa shape index (κ3) is 6.87. The molecule has 0 aliphatic rings. The van der Waals surface area contributed by atoms with Gasteiger partial charge in [-0.3, -0.25) is 9.59 Å². The van der Waals surface area contributed by atoms with Crippen LogP contribution in [0, 0.1) is 0 Å². The highest BCUT2D eigenvalue weighted by Crippen LogP contribution is 2.28. The molecule has 1 N–H and O–H groups in total. The highest BCUT2D eigenvalue weighted by atomic mass is 35.5. The number of carbonyl (C=O) groups is 2. The van der Waals surface area contributed by atoms with Crippen LogP contribution < -0.4 is 10.1 Å². The van der Waals surface area contributed by atoms with Crippen LogP contribution in [0.2, 0.25) is 15.1 Å². The third-order valence-corrected chi connectivity index (χ3v) is 5.96. The quantitative estimate of drug-likeness (QED) is 0.423. The predicted octanol–water partition coefficient (Wildman–Crippen LogP) is 5.41. The summed E-state index contributed by atoms with van der Waals surface area (Å²) in [5.74, 6) is -0.346. The summed E-state index contributed by atoms with van der Waals surface area (Å²) in [5.41, 5.74) is 1.64. The van der Waals surface area contributed by atoms with Gasteiger partial charge >= 0.3 is 0 Å². The fraction of sp³-hybridized carbons (Fsp3) is 0.200. The Morgan fingerprint density at radius 3 is 2.30 bits per heavy atom. The van der Waals surface area contributed by atoms with Crippen molar-refractivity contribution in [2.45, 2.75) is 19.0 Å². The normalized spacial score (nSPS) is 11.5. The molecular formula is C25H23Cl3N2O3. The van der Waals surface area contributed by atoms with Crippen LogP contribution in [-0.2, 0) is 22.6 Å². The summed E-state index contributed by atoms with van der Waals surface area (Å²) in [6.45, 7) is -0.171. The smallest absolute Gasteiger partial charge is 0.261 e. The first-order valence-electron chi connectivity index (χ1n) is 10.2. The Kier molecular flexibility index (Phi) is 9.01. The van der Waals surface area contributed by atoms with Gasteiger partial charge in [-0.25, -0.2) is 0 Å². The van der Waals surface area contributed by atoms with Crippen molar-refractivity contribution in [1.29, 1.82) is 0 Å². The van der Waals surface area contributed by atoms with Crippen molar-refractivity contribution in [3.63, 3.8) is 0 Å². The number of likely N-dealkylation sites (N-methyl/N-ethyl adjacent to an activating group) is 1. The maximum absolute atomic E-state index is 13.4. The summed E-state index contributed by atoms with van der Waals surface area (Å²) in [7, 11) is 1.54. The molecule has 3 aromatic rings. The van der Waals surface area contributed by atoms with Crippen molar-refractivity contribution in [2.75, 3.05) is 13.7 Å². The van der Waals surface area contributed by atoms with Crippen molar-refractivity contribution >= 4 is 46.6 Å². The van der Waals surface area contributed by atoms with Gasteiger partial charge in [0, 0.05) is 30.1 Å². The number of carbonyl (C=O) groups excluding carboxylic acids is 2. The Hall–Kier alpha value is -2.73. The Morgan fingerprint density at radius 1 is 0.939 bits per heavy atom. The van der Waals surface area contributed by atoms with Crippen LogP contribution in [0.15, 0.2) is 72.8 Å². The molecule has 0 saturated heterocycles. The van der Waals surface area contributed by atoms with E-state index in [0.717, 1.165) is 11.1 Å². The first-order chi connectivity index (χ1) is 15.9. The lowest BCUT2D eigenvalue weighted by Gasteiger charge is -2.31. The van der Waals surface area contributed by atoms with Gasteiger partial charge < -0.3 is 15.0 Å². The molecule has 0 aromatic heterocycles. The van der Waals surface area contributed by atoms with Crippen molar-refractivity contribution in [3.8, 4) is 5.75 Å². The van der Waals surface area contributed by atoms with E-state index in [1.54, 1.807) is 25.2 Å². The van der Waals surface area contributed by atoms with Crippen LogP contribution in [0.4, 0.5) is 0 Å². The molecule has 3 rings (SSSR count). The van der Waals surface area contributed by atoms with E-state index in [2.05, 4.69) is 5.32 Å². The molecule has 3 aromatic carbocycles. The van der Waals surface area contributed by atoms with E-state index in [1.165, 1.54) is 11.0 Å². The van der Waals surface area contributed by atoms with E-state index in [0.29, 0.717) is 27.2 Å². The number of amides is 2. The largest absolute Gasteiger partial charge is 0.482 e. The van der Waals surface area contributed by atoms with E-state index < -0.39 is 6.04 Å². The SMILES string of the molecule is CNC(=O)[C@@H](Cc1ccccc1)N(Cc1ccccc1Cl)C(=O)COc1ccc(Cl)cc1Cl. The lowest BCUT2D eigenvalue weighted by Crippen LogP contribution is -2.51. The molecule has 5 nitrogen and oxygen atoms in total. The summed E-state index contributed by atoms with van der Waals surface area (Å²) in [6.07, 6.45) is 0.332. The minimum absolute atomic E-state index is 0.140. The molecule has 33 heavy (non-hydrogen) atoms.